The van der Waals surface area contributed by atoms with Crippen molar-refractivity contribution in [2.45, 2.75) is 6.92 Å². The van der Waals surface area contributed by atoms with E-state index in [1.807, 2.05) is 6.07 Å². The average Bonchev–Trinajstić information content (AvgIpc) is 2.05. The number of hydrogen-bond acceptors (Lipinski definition) is 3. The molecule has 0 aliphatic carbocycles. The van der Waals surface area contributed by atoms with Gasteiger partial charge in [0.2, 0.25) is 0 Å². The fraction of sp³-hybridized carbons (Fsp3) is 0.250. The number of nitrogens with zero attached hydrogens (tertiary/aromatic N) is 1. The third kappa shape index (κ3) is 2.26. The van der Waals surface area contributed by atoms with Crippen molar-refractivity contribution < 1.29 is 9.53 Å². The van der Waals surface area contributed by atoms with Crippen molar-refractivity contribution >= 4 is 5.97 Å². The standard InChI is InChI=1S/C8H9NO2/c1-4-7(5-9)6(2)8(10)11-3/h4H,1H2,2-3H3. The van der Waals surface area contributed by atoms with E-state index in [-0.39, 0.29) is 11.1 Å². The van der Waals surface area contributed by atoms with Crippen molar-refractivity contribution in [2.75, 3.05) is 7.11 Å². The van der Waals surface area contributed by atoms with Gasteiger partial charge >= 0.3 is 5.97 Å². The van der Waals surface area contributed by atoms with Crippen LogP contribution in [0.25, 0.3) is 0 Å². The molecule has 0 aromatic heterocycles. The summed E-state index contributed by atoms with van der Waals surface area (Å²) < 4.78 is 4.40. The molecule has 0 aromatic carbocycles. The molecule has 0 amide bonds. The van der Waals surface area contributed by atoms with Crippen LogP contribution in [0, 0.1) is 11.3 Å². The van der Waals surface area contributed by atoms with Crippen LogP contribution in [0.4, 0.5) is 0 Å². The van der Waals surface area contributed by atoms with Gasteiger partial charge in [-0.25, -0.2) is 4.79 Å². The van der Waals surface area contributed by atoms with E-state index in [4.69, 9.17) is 5.26 Å². The average molecular weight is 151 g/mol. The van der Waals surface area contributed by atoms with Gasteiger partial charge in [0.25, 0.3) is 0 Å². The Morgan fingerprint density at radius 1 is 1.73 bits per heavy atom. The molecule has 0 unspecified atom stereocenters. The highest BCUT2D eigenvalue weighted by Gasteiger charge is 2.07. The topological polar surface area (TPSA) is 50.1 Å². The first-order chi connectivity index (χ1) is 5.17. The predicted octanol–water partition coefficient (Wildman–Crippen LogP) is 1.19. The molecule has 0 rings (SSSR count). The minimum Gasteiger partial charge on any atom is -0.466 e. The molecular weight excluding hydrogens is 142 g/mol. The van der Waals surface area contributed by atoms with Crippen molar-refractivity contribution in [3.8, 4) is 6.07 Å². The van der Waals surface area contributed by atoms with Gasteiger partial charge in [0.15, 0.2) is 0 Å². The number of esters is 1. The molecule has 0 saturated carbocycles. The lowest BCUT2D eigenvalue weighted by atomic mass is 10.1. The van der Waals surface area contributed by atoms with Gasteiger partial charge in [0.1, 0.15) is 0 Å². The first-order valence-corrected chi connectivity index (χ1v) is 2.99. The van der Waals surface area contributed by atoms with Crippen LogP contribution in [0.1, 0.15) is 6.92 Å². The second-order valence-corrected chi connectivity index (χ2v) is 1.85. The summed E-state index contributed by atoms with van der Waals surface area (Å²) in [5, 5.41) is 8.45. The van der Waals surface area contributed by atoms with Crippen molar-refractivity contribution in [2.24, 2.45) is 0 Å². The largest absolute Gasteiger partial charge is 0.466 e. The Morgan fingerprint density at radius 2 is 2.27 bits per heavy atom. The molecule has 0 spiro atoms. The first kappa shape index (κ1) is 9.44. The van der Waals surface area contributed by atoms with Gasteiger partial charge < -0.3 is 4.74 Å². The zero-order chi connectivity index (χ0) is 8.85. The Morgan fingerprint density at radius 3 is 2.55 bits per heavy atom. The number of rotatable bonds is 2. The van der Waals surface area contributed by atoms with Crippen LogP contribution in [-0.4, -0.2) is 13.1 Å². The maximum absolute atomic E-state index is 10.8. The van der Waals surface area contributed by atoms with E-state index in [1.54, 1.807) is 0 Å². The third-order valence-electron chi connectivity index (χ3n) is 1.22. The van der Waals surface area contributed by atoms with Gasteiger partial charge in [-0.3, -0.25) is 0 Å². The van der Waals surface area contributed by atoms with Crippen LogP contribution in [0.2, 0.25) is 0 Å². The van der Waals surface area contributed by atoms with Crippen LogP contribution < -0.4 is 0 Å². The number of methoxy groups -OCH3 is 1. The van der Waals surface area contributed by atoms with Gasteiger partial charge in [-0.15, -0.1) is 0 Å². The molecule has 0 aliphatic heterocycles. The molecule has 0 atom stereocenters. The van der Waals surface area contributed by atoms with Crippen LogP contribution in [-0.2, 0) is 9.53 Å². The molecule has 0 bridgehead atoms. The number of allylic oxidation sites excluding steroid dienone is 2. The second-order valence-electron chi connectivity index (χ2n) is 1.85. The fourth-order valence-corrected chi connectivity index (χ4v) is 0.546. The summed E-state index contributed by atoms with van der Waals surface area (Å²) in [6.45, 7) is 4.90. The molecule has 0 N–H and O–H groups in total. The highest BCUT2D eigenvalue weighted by atomic mass is 16.5. The summed E-state index contributed by atoms with van der Waals surface area (Å²) in [5.74, 6) is -0.499. The first-order valence-electron chi connectivity index (χ1n) is 2.99. The maximum Gasteiger partial charge on any atom is 0.334 e. The predicted molar refractivity (Wildman–Crippen MR) is 40.5 cm³/mol. The number of nitriles is 1. The van der Waals surface area contributed by atoms with Crippen molar-refractivity contribution in [1.82, 2.24) is 0 Å². The molecule has 0 aliphatic rings. The van der Waals surface area contributed by atoms with Crippen LogP contribution >= 0.6 is 0 Å². The van der Waals surface area contributed by atoms with Crippen molar-refractivity contribution in [3.05, 3.63) is 23.8 Å². The molecule has 0 radical (unpaired) electrons. The van der Waals surface area contributed by atoms with Gasteiger partial charge in [-0.2, -0.15) is 5.26 Å². The van der Waals surface area contributed by atoms with E-state index >= 15 is 0 Å². The highest BCUT2D eigenvalue weighted by molar-refractivity contribution is 5.90. The molecule has 11 heavy (non-hydrogen) atoms. The molecule has 0 heterocycles. The summed E-state index contributed by atoms with van der Waals surface area (Å²) in [6.07, 6.45) is 1.33. The van der Waals surface area contributed by atoms with Gasteiger partial charge in [0.05, 0.1) is 24.3 Å². The summed E-state index contributed by atoms with van der Waals surface area (Å²) >= 11 is 0. The summed E-state index contributed by atoms with van der Waals surface area (Å²) in [4.78, 5) is 10.8. The third-order valence-corrected chi connectivity index (χ3v) is 1.22. The number of ether oxygens (including phenoxy) is 1. The number of carbonyl (C=O) groups is 1. The summed E-state index contributed by atoms with van der Waals surface area (Å²) in [6, 6.07) is 1.83. The Balaban J connectivity index is 4.79. The van der Waals surface area contributed by atoms with Crippen LogP contribution in [0.15, 0.2) is 23.8 Å². The molecule has 0 fully saturated rings. The number of carbonyl (C=O) groups excluding carboxylic acids is 1. The Labute approximate surface area is 65.6 Å². The molecular formula is C8H9NO2. The van der Waals surface area contributed by atoms with E-state index < -0.39 is 5.97 Å². The Kier molecular flexibility index (Phi) is 3.68. The molecule has 58 valence electrons. The lowest BCUT2D eigenvalue weighted by Gasteiger charge is -1.97. The van der Waals surface area contributed by atoms with Crippen molar-refractivity contribution in [3.63, 3.8) is 0 Å². The van der Waals surface area contributed by atoms with Gasteiger partial charge in [-0.1, -0.05) is 12.7 Å². The second kappa shape index (κ2) is 4.29. The smallest absolute Gasteiger partial charge is 0.334 e. The van der Waals surface area contributed by atoms with Crippen molar-refractivity contribution in [1.29, 1.82) is 5.26 Å². The van der Waals surface area contributed by atoms with E-state index in [0.717, 1.165) is 0 Å². The molecule has 0 saturated heterocycles. The Hall–Kier alpha value is -1.56. The zero-order valence-corrected chi connectivity index (χ0v) is 6.55. The Bertz CT molecular complexity index is 245. The van der Waals surface area contributed by atoms with Gasteiger partial charge in [-0.05, 0) is 6.92 Å². The highest BCUT2D eigenvalue weighted by Crippen LogP contribution is 2.04. The van der Waals surface area contributed by atoms with E-state index in [2.05, 4.69) is 11.3 Å². The lowest BCUT2D eigenvalue weighted by Crippen LogP contribution is -2.03. The lowest BCUT2D eigenvalue weighted by molar-refractivity contribution is -0.136. The number of hydrogen-bond donors (Lipinski definition) is 0. The van der Waals surface area contributed by atoms with Crippen LogP contribution in [0.3, 0.4) is 0 Å². The molecule has 0 aromatic rings. The maximum atomic E-state index is 10.8. The van der Waals surface area contributed by atoms with Gasteiger partial charge in [0, 0.05) is 0 Å². The van der Waals surface area contributed by atoms with E-state index in [0.29, 0.717) is 0 Å². The van der Waals surface area contributed by atoms with Crippen LogP contribution in [0.5, 0.6) is 0 Å². The molecule has 3 heteroatoms. The zero-order valence-electron chi connectivity index (χ0n) is 6.55. The monoisotopic (exact) mass is 151 g/mol. The normalized spacial score (nSPS) is 11.0. The molecule has 3 nitrogen and oxygen atoms in total. The SMILES string of the molecule is C=CC(C#N)=C(C)C(=O)OC. The fourth-order valence-electron chi connectivity index (χ4n) is 0.546. The van der Waals surface area contributed by atoms with E-state index in [9.17, 15) is 4.79 Å². The summed E-state index contributed by atoms with van der Waals surface area (Å²) in [7, 11) is 1.27. The quantitative estimate of drug-likeness (QED) is 0.258. The summed E-state index contributed by atoms with van der Waals surface area (Å²) in [5.41, 5.74) is 0.529. The van der Waals surface area contributed by atoms with E-state index in [1.165, 1.54) is 20.1 Å². The minimum absolute atomic E-state index is 0.247. The minimum atomic E-state index is -0.499.